The number of morpholine rings is 3. The van der Waals surface area contributed by atoms with Crippen LogP contribution in [0, 0.1) is 20.8 Å². The maximum Gasteiger partial charge on any atom is 0.410 e. The highest BCUT2D eigenvalue weighted by molar-refractivity contribution is 5.87. The highest BCUT2D eigenvalue weighted by Crippen LogP contribution is 2.40. The molecule has 7 amide bonds. The normalized spacial score (nSPS) is 20.1. The minimum absolute atomic E-state index is 0.0234. The monoisotopic (exact) mass is 1680 g/mol. The van der Waals surface area contributed by atoms with Gasteiger partial charge in [-0.25, -0.2) is 43.4 Å². The zero-order valence-electron chi connectivity index (χ0n) is 72.1. The minimum Gasteiger partial charge on any atom is -0.479 e. The third-order valence-electron chi connectivity index (χ3n) is 20.4. The molecule has 38 heteroatoms. The summed E-state index contributed by atoms with van der Waals surface area (Å²) in [6.07, 6.45) is 3.53. The number of carboxylic acid groups (broad SMARTS) is 1. The summed E-state index contributed by atoms with van der Waals surface area (Å²) in [5, 5.41) is 67.9. The first-order chi connectivity index (χ1) is 57.1. The summed E-state index contributed by atoms with van der Waals surface area (Å²) in [5.41, 5.74) is 6.33. The van der Waals surface area contributed by atoms with Crippen LogP contribution in [0.5, 0.6) is 0 Å². The number of hydrogen-bond donors (Lipinski definition) is 9. The molecule has 664 valence electrons. The molecule has 9 atom stereocenters. The number of pyridine rings is 3. The number of carbonyl (C=O) groups is 8. The van der Waals surface area contributed by atoms with Crippen molar-refractivity contribution in [2.75, 3.05) is 120 Å². The van der Waals surface area contributed by atoms with Gasteiger partial charge in [0, 0.05) is 131 Å². The predicted molar refractivity (Wildman–Crippen MR) is 440 cm³/mol. The lowest BCUT2D eigenvalue weighted by Crippen LogP contribution is -2.57. The number of aromatic nitrogens is 9. The molecule has 120 heavy (non-hydrogen) atoms. The summed E-state index contributed by atoms with van der Waals surface area (Å²) in [6, 6.07) is 12.4. The van der Waals surface area contributed by atoms with Gasteiger partial charge in [-0.05, 0) is 177 Å². The van der Waals surface area contributed by atoms with Crippen molar-refractivity contribution in [3.8, 4) is 0 Å². The largest absolute Gasteiger partial charge is 0.479 e. The van der Waals surface area contributed by atoms with Gasteiger partial charge in [-0.2, -0.15) is 15.3 Å². The number of nitrogens with zero attached hydrogens (tertiary/aromatic N) is 13. The lowest BCUT2D eigenvalue weighted by Gasteiger charge is -2.40. The van der Waals surface area contributed by atoms with Crippen LogP contribution in [0.1, 0.15) is 172 Å². The van der Waals surface area contributed by atoms with Crippen molar-refractivity contribution < 1.29 is 96.7 Å². The van der Waals surface area contributed by atoms with E-state index in [0.717, 1.165) is 93.7 Å². The second-order valence-electron chi connectivity index (χ2n) is 33.2. The van der Waals surface area contributed by atoms with Crippen molar-refractivity contribution in [2.24, 2.45) is 0 Å². The number of fused-ring (bicyclic) bond motifs is 3. The van der Waals surface area contributed by atoms with Gasteiger partial charge in [-0.3, -0.25) is 24.0 Å². The molecule has 3 saturated heterocycles. The van der Waals surface area contributed by atoms with Crippen LogP contribution in [-0.4, -0.2) is 318 Å². The van der Waals surface area contributed by atoms with Gasteiger partial charge in [0.05, 0.1) is 93.5 Å². The van der Waals surface area contributed by atoms with E-state index in [0.29, 0.717) is 83.5 Å². The number of hydrogen-bond acceptors (Lipinski definition) is 27. The number of ether oxygens (including phenoxy) is 8. The maximum atomic E-state index is 14.2. The number of carboxylic acids is 1. The highest BCUT2D eigenvalue weighted by atomic mass is 16.6. The molecule has 6 fully saturated rings. The summed E-state index contributed by atoms with van der Waals surface area (Å²) in [6.45, 7) is 26.8. The molecular formula is C82H126N18O20. The molecule has 0 aromatic carbocycles. The quantitative estimate of drug-likeness (QED) is 0.0263. The molecule has 3 saturated carbocycles. The van der Waals surface area contributed by atoms with Gasteiger partial charge >= 0.3 is 18.2 Å². The average molecular weight is 1680 g/mol. The summed E-state index contributed by atoms with van der Waals surface area (Å²) < 4.78 is 49.5. The average Bonchev–Trinajstić information content (AvgIpc) is 1.62. The molecule has 6 aromatic heterocycles. The number of carbonyl (C=O) groups excluding carboxylic acids is 7. The van der Waals surface area contributed by atoms with Gasteiger partial charge in [0.25, 0.3) is 11.8 Å². The van der Waals surface area contributed by atoms with Crippen molar-refractivity contribution in [3.63, 3.8) is 0 Å². The molecule has 0 spiro atoms. The molecule has 0 radical (unpaired) electrons. The standard InChI is InChI=1S/C29H44N6O7.C24H36N6O5.C17H25N5O2.C12H21NO6/c1-18-8-11-22-25(32-34(26(22)31-18)13-7-12-30-24(37)16-36)19(2)35(20-9-10-20)27(38)23-15-33(14-21(41-23)17-40-6)28(39)42-29(3,4)5;1-15-5-8-19-22(28-29(23(19)27-15)10-4-9-26-21(32)13-31)16(2)30(17-6-7-17)24(33)20-12-25-11-18(35-20)14-34-3;1-11-4-7-14-16(12(2)20-13-5-6-13)21-22(17(14)19-11)9-3-8-18-15(24)10-23;1-12(2,3)19-11(16)13-5-8(7-17-4)18-9(6-13)10(14)15/h8,11,19-21,23,36H,7,9-10,12-17H2,1-6H3,(H,30,37);5,8,16-18,20,25,31H,4,6-7,9-14H2,1-3H3,(H,26,32);4,7,12-13,20,23H,3,5-6,8-10H2,1-2H3,(H,18,24);8-9H,5-7H2,1-4H3,(H,14,15)/t19-,21+,23-;16-,18+,20-;12-;8-,9+/m1110/s1. The molecular weight excluding hydrogens is 1560 g/mol. The van der Waals surface area contributed by atoms with E-state index in [9.17, 15) is 38.4 Å². The Bertz CT molecular complexity index is 4420. The lowest BCUT2D eigenvalue weighted by atomic mass is 10.1. The van der Waals surface area contributed by atoms with Gasteiger partial charge in [0.1, 0.15) is 37.1 Å². The molecule has 3 aliphatic heterocycles. The Morgan fingerprint density at radius 3 is 1.23 bits per heavy atom. The number of methoxy groups -OCH3 is 3. The van der Waals surface area contributed by atoms with Crippen LogP contribution in [0.3, 0.4) is 0 Å². The fourth-order valence-corrected chi connectivity index (χ4v) is 14.4. The third kappa shape index (κ3) is 27.4. The van der Waals surface area contributed by atoms with Crippen LogP contribution in [-0.2, 0) is 86.3 Å². The van der Waals surface area contributed by atoms with Gasteiger partial charge in [-0.1, -0.05) is 0 Å². The van der Waals surface area contributed by atoms with Crippen molar-refractivity contribution >= 4 is 80.8 Å². The minimum atomic E-state index is -1.10. The fourth-order valence-electron chi connectivity index (χ4n) is 14.4. The van der Waals surface area contributed by atoms with Gasteiger partial charge < -0.3 is 105 Å². The van der Waals surface area contributed by atoms with Gasteiger partial charge in [0.2, 0.25) is 17.7 Å². The van der Waals surface area contributed by atoms with Crippen LogP contribution in [0.2, 0.25) is 0 Å². The summed E-state index contributed by atoms with van der Waals surface area (Å²) in [4.78, 5) is 118. The van der Waals surface area contributed by atoms with Crippen LogP contribution in [0.4, 0.5) is 9.59 Å². The van der Waals surface area contributed by atoms with Crippen LogP contribution in [0.25, 0.3) is 33.1 Å². The van der Waals surface area contributed by atoms with E-state index in [4.69, 9.17) is 83.6 Å². The van der Waals surface area contributed by atoms with Gasteiger partial charge in [0.15, 0.2) is 29.1 Å². The van der Waals surface area contributed by atoms with Crippen molar-refractivity contribution in [1.82, 2.24) is 90.5 Å². The van der Waals surface area contributed by atoms with E-state index in [-0.39, 0.29) is 93.4 Å². The Balaban J connectivity index is 0.000000190. The molecule has 38 nitrogen and oxygen atoms in total. The smallest absolute Gasteiger partial charge is 0.410 e. The molecule has 0 bridgehead atoms. The number of aryl methyl sites for hydroxylation is 6. The maximum absolute atomic E-state index is 14.2. The summed E-state index contributed by atoms with van der Waals surface area (Å²) in [5.74, 6) is -2.50. The summed E-state index contributed by atoms with van der Waals surface area (Å²) >= 11 is 0. The first-order valence-electron chi connectivity index (χ1n) is 41.5. The Morgan fingerprint density at radius 1 is 0.500 bits per heavy atom. The first-order valence-corrected chi connectivity index (χ1v) is 41.5. The number of amides is 7. The van der Waals surface area contributed by atoms with E-state index in [2.05, 4.69) is 44.6 Å². The second-order valence-corrected chi connectivity index (χ2v) is 33.2. The molecule has 0 unspecified atom stereocenters. The Labute approximate surface area is 700 Å². The van der Waals surface area contributed by atoms with Crippen LogP contribution >= 0.6 is 0 Å². The number of aliphatic carboxylic acids is 1. The molecule has 9 N–H and O–H groups in total. The first kappa shape index (κ1) is 94.6. The zero-order valence-corrected chi connectivity index (χ0v) is 72.1. The van der Waals surface area contributed by atoms with E-state index in [1.54, 1.807) is 35.0 Å². The topological polar surface area (TPSA) is 457 Å². The van der Waals surface area contributed by atoms with E-state index < -0.39 is 91.5 Å². The predicted octanol–water partition coefficient (Wildman–Crippen LogP) is 4.01. The molecule has 9 heterocycles. The molecule has 6 aromatic rings. The number of nitrogens with one attached hydrogen (secondary N) is 5. The van der Waals surface area contributed by atoms with E-state index in [1.165, 1.54) is 29.8 Å². The van der Waals surface area contributed by atoms with Crippen molar-refractivity contribution in [2.45, 2.75) is 245 Å². The number of aliphatic hydroxyl groups is 3. The Morgan fingerprint density at radius 2 is 0.858 bits per heavy atom. The van der Waals surface area contributed by atoms with Crippen LogP contribution in [0.15, 0.2) is 36.4 Å². The number of aliphatic hydroxyl groups excluding tert-OH is 3. The molecule has 3 aliphatic carbocycles. The van der Waals surface area contributed by atoms with Crippen molar-refractivity contribution in [1.29, 1.82) is 0 Å². The van der Waals surface area contributed by atoms with Gasteiger partial charge in [-0.15, -0.1) is 0 Å². The second kappa shape index (κ2) is 44.0. The third-order valence-corrected chi connectivity index (χ3v) is 20.4. The number of rotatable bonds is 33. The zero-order chi connectivity index (χ0) is 87.3. The van der Waals surface area contributed by atoms with E-state index in [1.807, 2.05) is 110 Å². The summed E-state index contributed by atoms with van der Waals surface area (Å²) in [7, 11) is 4.68. The van der Waals surface area contributed by atoms with Crippen molar-refractivity contribution in [3.05, 3.63) is 70.6 Å². The molecule has 12 rings (SSSR count). The Hall–Kier alpha value is -9.22. The Kier molecular flexibility index (Phi) is 34.7. The SMILES string of the molecule is COC[C@@H]1CN(C(=O)OC(C)(C)C)C[C@H](C(=O)N(C2CC2)[C@H](C)c2nn(CCCNC(=O)CO)c3nc(C)ccc23)O1.COC[C@@H]1CN(C(=O)OC(C)(C)C)C[C@H](C(=O)O)O1.COC[C@@H]1CNC[C@H](C(=O)N(C2CC2)[C@H](C)c2nn(CCCNC(=O)CO)c3nc(C)ccc23)O1.Cc1ccc2c([C@@H](C)NC3CC3)nn(CCCNC(=O)CO)c2n1. The van der Waals surface area contributed by atoms with Crippen LogP contribution < -0.4 is 26.6 Å². The van der Waals surface area contributed by atoms with E-state index >= 15 is 0 Å². The molecule has 6 aliphatic rings. The fraction of sp³-hybridized carbons (Fsp3) is 0.683. The lowest BCUT2D eigenvalue weighted by molar-refractivity contribution is -0.166. The highest BCUT2D eigenvalue weighted by Gasteiger charge is 2.46.